The van der Waals surface area contributed by atoms with Crippen molar-refractivity contribution in [2.45, 2.75) is 0 Å². The number of aliphatic hydroxyl groups excluding tert-OH is 1. The van der Waals surface area contributed by atoms with Crippen molar-refractivity contribution in [3.8, 4) is 5.75 Å². The van der Waals surface area contributed by atoms with Crippen molar-refractivity contribution in [2.24, 2.45) is 0 Å². The number of halogens is 3. The fourth-order valence-electron chi connectivity index (χ4n) is 3.31. The summed E-state index contributed by atoms with van der Waals surface area (Å²) in [5.41, 5.74) is -0.191. The van der Waals surface area contributed by atoms with Crippen LogP contribution in [0.15, 0.2) is 66.9 Å². The average molecular weight is 466 g/mol. The minimum Gasteiger partial charge on any atom is -0.490 e. The normalized spacial score (nSPS) is 10.8. The van der Waals surface area contributed by atoms with Gasteiger partial charge in [-0.15, -0.1) is 0 Å². The average Bonchev–Trinajstić information content (AvgIpc) is 2.83. The summed E-state index contributed by atoms with van der Waals surface area (Å²) in [5, 5.41) is 11.7. The number of fused-ring (bicyclic) bond motifs is 1. The Labute approximate surface area is 191 Å². The Morgan fingerprint density at radius 1 is 0.971 bits per heavy atom. The summed E-state index contributed by atoms with van der Waals surface area (Å²) < 4.78 is 47.5. The highest BCUT2D eigenvalue weighted by atomic mass is 19.2. The van der Waals surface area contributed by atoms with Gasteiger partial charge in [-0.1, -0.05) is 6.07 Å². The minimum absolute atomic E-state index is 0.0288. The molecule has 2 N–H and O–H groups in total. The Hall–Kier alpha value is -4.24. The monoisotopic (exact) mass is 466 g/mol. The summed E-state index contributed by atoms with van der Waals surface area (Å²) in [7, 11) is 0. The zero-order valence-electron chi connectivity index (χ0n) is 17.5. The van der Waals surface area contributed by atoms with Gasteiger partial charge < -0.3 is 15.2 Å². The molecule has 1 amide bonds. The maximum absolute atomic E-state index is 14.5. The molecule has 6 nitrogen and oxygen atoms in total. The Kier molecular flexibility index (Phi) is 6.55. The second kappa shape index (κ2) is 9.72. The Morgan fingerprint density at radius 3 is 2.56 bits per heavy atom. The highest BCUT2D eigenvalue weighted by molar-refractivity contribution is 6.12. The first-order chi connectivity index (χ1) is 16.4. The summed E-state index contributed by atoms with van der Waals surface area (Å²) in [6, 6.07) is 12.6. The van der Waals surface area contributed by atoms with Crippen LogP contribution in [0.25, 0.3) is 10.9 Å². The van der Waals surface area contributed by atoms with Gasteiger partial charge in [0.25, 0.3) is 5.91 Å². The number of hydrogen-bond acceptors (Lipinski definition) is 5. The van der Waals surface area contributed by atoms with Crippen molar-refractivity contribution in [3.05, 3.63) is 101 Å². The standard InChI is InChI=1S/C25H17F3N2O4/c26-17-3-1-2-15(9-17)25(33)30-18-11-20(23(28)21(27)12-18)24(32)14-4-5-22-16(8-14)10-19(13-29-22)34-7-6-31/h1-5,8-13,31H,6-7H2,(H,30,33). The third kappa shape index (κ3) is 4.89. The van der Waals surface area contributed by atoms with Gasteiger partial charge in [0.05, 0.1) is 23.9 Å². The van der Waals surface area contributed by atoms with Crippen molar-refractivity contribution >= 4 is 28.3 Å². The van der Waals surface area contributed by atoms with Crippen LogP contribution in [-0.2, 0) is 0 Å². The Bertz CT molecular complexity index is 1410. The quantitative estimate of drug-likeness (QED) is 0.392. The molecule has 172 valence electrons. The molecule has 0 radical (unpaired) electrons. The molecule has 0 aliphatic carbocycles. The number of aliphatic hydroxyl groups is 1. The lowest BCUT2D eigenvalue weighted by Gasteiger charge is -2.10. The van der Waals surface area contributed by atoms with Gasteiger partial charge in [-0.3, -0.25) is 14.6 Å². The highest BCUT2D eigenvalue weighted by Gasteiger charge is 2.20. The van der Waals surface area contributed by atoms with E-state index in [0.717, 1.165) is 24.3 Å². The first-order valence-corrected chi connectivity index (χ1v) is 10.1. The van der Waals surface area contributed by atoms with Crippen molar-refractivity contribution in [2.75, 3.05) is 18.5 Å². The van der Waals surface area contributed by atoms with Gasteiger partial charge in [0.1, 0.15) is 18.2 Å². The molecule has 0 aliphatic heterocycles. The van der Waals surface area contributed by atoms with E-state index >= 15 is 0 Å². The van der Waals surface area contributed by atoms with E-state index in [-0.39, 0.29) is 30.0 Å². The number of ketones is 1. The molecule has 3 aromatic carbocycles. The van der Waals surface area contributed by atoms with E-state index in [1.165, 1.54) is 30.5 Å². The first kappa shape index (κ1) is 22.9. The van der Waals surface area contributed by atoms with E-state index in [4.69, 9.17) is 9.84 Å². The number of ether oxygens (including phenoxy) is 1. The second-order valence-corrected chi connectivity index (χ2v) is 7.26. The lowest BCUT2D eigenvalue weighted by Crippen LogP contribution is -2.14. The molecule has 1 aromatic heterocycles. The fraction of sp³-hybridized carbons (Fsp3) is 0.0800. The predicted octanol–water partition coefficient (Wildman–Crippen LogP) is 4.51. The molecule has 4 rings (SSSR count). The van der Waals surface area contributed by atoms with Gasteiger partial charge in [0.15, 0.2) is 17.4 Å². The maximum Gasteiger partial charge on any atom is 0.255 e. The van der Waals surface area contributed by atoms with Crippen LogP contribution in [0.5, 0.6) is 5.75 Å². The van der Waals surface area contributed by atoms with Crippen LogP contribution in [0.2, 0.25) is 0 Å². The molecule has 4 aromatic rings. The van der Waals surface area contributed by atoms with Gasteiger partial charge >= 0.3 is 0 Å². The molecule has 1 heterocycles. The number of hydrogen-bond donors (Lipinski definition) is 2. The molecular formula is C25H17F3N2O4. The van der Waals surface area contributed by atoms with Gasteiger partial charge in [-0.05, 0) is 48.5 Å². The number of nitrogens with one attached hydrogen (secondary N) is 1. The number of carbonyl (C=O) groups excluding carboxylic acids is 2. The number of anilines is 1. The van der Waals surface area contributed by atoms with Crippen molar-refractivity contribution in [1.82, 2.24) is 4.98 Å². The minimum atomic E-state index is -1.37. The summed E-state index contributed by atoms with van der Waals surface area (Å²) in [4.78, 5) is 29.6. The molecule has 0 atom stereocenters. The van der Waals surface area contributed by atoms with Crippen LogP contribution in [0.3, 0.4) is 0 Å². The number of carbonyl (C=O) groups is 2. The van der Waals surface area contributed by atoms with Gasteiger partial charge in [0, 0.05) is 28.3 Å². The van der Waals surface area contributed by atoms with Gasteiger partial charge in [0.2, 0.25) is 0 Å². The van der Waals surface area contributed by atoms with E-state index in [1.54, 1.807) is 12.1 Å². The zero-order chi connectivity index (χ0) is 24.2. The summed E-state index contributed by atoms with van der Waals surface area (Å²) in [5.74, 6) is -4.54. The maximum atomic E-state index is 14.5. The lowest BCUT2D eigenvalue weighted by molar-refractivity contribution is 0.101. The van der Waals surface area contributed by atoms with Crippen molar-refractivity contribution < 1.29 is 32.6 Å². The molecule has 0 bridgehead atoms. The molecule has 0 saturated heterocycles. The molecule has 0 aliphatic rings. The van der Waals surface area contributed by atoms with Crippen LogP contribution < -0.4 is 10.1 Å². The van der Waals surface area contributed by atoms with E-state index in [2.05, 4.69) is 10.3 Å². The number of benzene rings is 3. The van der Waals surface area contributed by atoms with Crippen LogP contribution in [0.4, 0.5) is 18.9 Å². The molecule has 34 heavy (non-hydrogen) atoms. The summed E-state index contributed by atoms with van der Waals surface area (Å²) >= 11 is 0. The zero-order valence-corrected chi connectivity index (χ0v) is 17.5. The van der Waals surface area contributed by atoms with E-state index in [0.29, 0.717) is 16.7 Å². The van der Waals surface area contributed by atoms with E-state index in [1.807, 2.05) is 0 Å². The van der Waals surface area contributed by atoms with Crippen LogP contribution in [0, 0.1) is 17.5 Å². The largest absolute Gasteiger partial charge is 0.490 e. The summed E-state index contributed by atoms with van der Waals surface area (Å²) in [6.45, 7) is -0.127. The SMILES string of the molecule is O=C(Nc1cc(F)c(F)c(C(=O)c2ccc3ncc(OCCO)cc3c2)c1)c1cccc(F)c1. The van der Waals surface area contributed by atoms with Crippen molar-refractivity contribution in [1.29, 1.82) is 0 Å². The third-order valence-corrected chi connectivity index (χ3v) is 4.90. The number of rotatable bonds is 7. The number of aromatic nitrogens is 1. The summed E-state index contributed by atoms with van der Waals surface area (Å²) in [6.07, 6.45) is 1.46. The van der Waals surface area contributed by atoms with E-state index in [9.17, 15) is 22.8 Å². The van der Waals surface area contributed by atoms with Crippen molar-refractivity contribution in [3.63, 3.8) is 0 Å². The van der Waals surface area contributed by atoms with Crippen LogP contribution in [0.1, 0.15) is 26.3 Å². The Morgan fingerprint density at radius 2 is 1.79 bits per heavy atom. The topological polar surface area (TPSA) is 88.5 Å². The molecule has 0 fully saturated rings. The van der Waals surface area contributed by atoms with Crippen LogP contribution in [-0.4, -0.2) is 35.0 Å². The molecule has 0 spiro atoms. The molecule has 9 heteroatoms. The first-order valence-electron chi connectivity index (χ1n) is 10.1. The smallest absolute Gasteiger partial charge is 0.255 e. The third-order valence-electron chi connectivity index (χ3n) is 4.90. The fourth-order valence-corrected chi connectivity index (χ4v) is 3.31. The molecular weight excluding hydrogens is 449 g/mol. The van der Waals surface area contributed by atoms with Crippen LogP contribution >= 0.6 is 0 Å². The number of nitrogens with zero attached hydrogens (tertiary/aromatic N) is 1. The lowest BCUT2D eigenvalue weighted by atomic mass is 10.00. The van der Waals surface area contributed by atoms with Gasteiger partial charge in [-0.2, -0.15) is 0 Å². The number of amides is 1. The Balaban J connectivity index is 1.65. The molecule has 0 unspecified atom stereocenters. The van der Waals surface area contributed by atoms with E-state index < -0.39 is 34.7 Å². The number of pyridine rings is 1. The van der Waals surface area contributed by atoms with Gasteiger partial charge in [-0.25, -0.2) is 13.2 Å². The second-order valence-electron chi connectivity index (χ2n) is 7.26. The predicted molar refractivity (Wildman–Crippen MR) is 118 cm³/mol. The highest BCUT2D eigenvalue weighted by Crippen LogP contribution is 2.25. The molecule has 0 saturated carbocycles.